The van der Waals surface area contributed by atoms with Gasteiger partial charge in [-0.3, -0.25) is 4.98 Å². The Balaban J connectivity index is 2.16. The number of thioether (sulfide) groups is 1. The Labute approximate surface area is 76.8 Å². The Morgan fingerprint density at radius 1 is 1.33 bits per heavy atom. The maximum atomic E-state index is 5.37. The smallest absolute Gasteiger partial charge is 0.114 e. The highest BCUT2D eigenvalue weighted by Gasteiger charge is 1.93. The monoisotopic (exact) mass is 183 g/mol. The van der Waals surface area contributed by atoms with Crippen molar-refractivity contribution in [3.63, 3.8) is 0 Å². The summed E-state index contributed by atoms with van der Waals surface area (Å²) in [5, 5.41) is 0.995. The first-order chi connectivity index (χ1) is 5.93. The molecule has 12 heavy (non-hydrogen) atoms. The van der Waals surface area contributed by atoms with Gasteiger partial charge in [0.2, 0.25) is 0 Å². The topological polar surface area (TPSA) is 51.8 Å². The van der Waals surface area contributed by atoms with Gasteiger partial charge < -0.3 is 5.73 Å². The molecule has 0 aliphatic heterocycles. The van der Waals surface area contributed by atoms with Crippen molar-refractivity contribution in [1.29, 1.82) is 0 Å². The van der Waals surface area contributed by atoms with Gasteiger partial charge in [0, 0.05) is 12.4 Å². The van der Waals surface area contributed by atoms with Crippen molar-refractivity contribution in [2.45, 2.75) is 17.9 Å². The third-order valence-corrected chi connectivity index (χ3v) is 2.39. The van der Waals surface area contributed by atoms with Gasteiger partial charge in [-0.1, -0.05) is 0 Å². The van der Waals surface area contributed by atoms with E-state index in [9.17, 15) is 0 Å². The van der Waals surface area contributed by atoms with Crippen molar-refractivity contribution < 1.29 is 0 Å². The molecule has 0 aromatic carbocycles. The van der Waals surface area contributed by atoms with Crippen molar-refractivity contribution in [3.8, 4) is 0 Å². The van der Waals surface area contributed by atoms with Crippen molar-refractivity contribution in [1.82, 2.24) is 9.97 Å². The number of aromatic nitrogens is 2. The average molecular weight is 183 g/mol. The van der Waals surface area contributed by atoms with E-state index in [-0.39, 0.29) is 0 Å². The first-order valence-electron chi connectivity index (χ1n) is 4.02. The summed E-state index contributed by atoms with van der Waals surface area (Å²) in [6.45, 7) is 0.779. The van der Waals surface area contributed by atoms with E-state index in [1.165, 1.54) is 0 Å². The van der Waals surface area contributed by atoms with Crippen molar-refractivity contribution >= 4 is 11.8 Å². The van der Waals surface area contributed by atoms with Crippen LogP contribution in [0.1, 0.15) is 12.8 Å². The summed E-state index contributed by atoms with van der Waals surface area (Å²) < 4.78 is 0. The third-order valence-electron chi connectivity index (χ3n) is 1.39. The van der Waals surface area contributed by atoms with E-state index in [0.29, 0.717) is 0 Å². The lowest BCUT2D eigenvalue weighted by Crippen LogP contribution is -1.98. The molecule has 1 aromatic rings. The maximum Gasteiger partial charge on any atom is 0.114 e. The Morgan fingerprint density at radius 3 is 2.92 bits per heavy atom. The molecule has 66 valence electrons. The summed E-state index contributed by atoms with van der Waals surface area (Å²) in [4.78, 5) is 8.12. The van der Waals surface area contributed by atoms with E-state index in [4.69, 9.17) is 5.73 Å². The number of rotatable bonds is 5. The van der Waals surface area contributed by atoms with Gasteiger partial charge in [-0.25, -0.2) is 4.98 Å². The van der Waals surface area contributed by atoms with Crippen LogP contribution in [0.25, 0.3) is 0 Å². The standard InChI is InChI=1S/C8H13N3S/c9-3-1-2-6-12-8-7-10-4-5-11-8/h4-5,7H,1-3,6,9H2. The molecule has 3 nitrogen and oxygen atoms in total. The quantitative estimate of drug-likeness (QED) is 0.552. The molecule has 0 saturated carbocycles. The predicted molar refractivity (Wildman–Crippen MR) is 51.0 cm³/mol. The molecule has 0 aliphatic rings. The van der Waals surface area contributed by atoms with Crippen molar-refractivity contribution in [2.24, 2.45) is 5.73 Å². The van der Waals surface area contributed by atoms with E-state index in [2.05, 4.69) is 9.97 Å². The molecule has 0 radical (unpaired) electrons. The second-order valence-electron chi connectivity index (χ2n) is 2.39. The van der Waals surface area contributed by atoms with Crippen molar-refractivity contribution in [3.05, 3.63) is 18.6 Å². The van der Waals surface area contributed by atoms with Crippen LogP contribution in [-0.4, -0.2) is 22.3 Å². The van der Waals surface area contributed by atoms with E-state index in [1.807, 2.05) is 0 Å². The Bertz CT molecular complexity index is 203. The van der Waals surface area contributed by atoms with Crippen LogP contribution in [0.4, 0.5) is 0 Å². The number of hydrogen-bond donors (Lipinski definition) is 1. The van der Waals surface area contributed by atoms with Gasteiger partial charge in [-0.05, 0) is 25.1 Å². The van der Waals surface area contributed by atoms with E-state index in [1.54, 1.807) is 30.4 Å². The SMILES string of the molecule is NCCCCSc1cnccn1. The lowest BCUT2D eigenvalue weighted by molar-refractivity contribution is 0.813. The number of hydrogen-bond acceptors (Lipinski definition) is 4. The fraction of sp³-hybridized carbons (Fsp3) is 0.500. The molecular formula is C8H13N3S. The fourth-order valence-electron chi connectivity index (χ4n) is 0.783. The third kappa shape index (κ3) is 3.69. The zero-order chi connectivity index (χ0) is 8.65. The minimum absolute atomic E-state index is 0.779. The van der Waals surface area contributed by atoms with Crippen molar-refractivity contribution in [2.75, 3.05) is 12.3 Å². The molecule has 1 aromatic heterocycles. The summed E-state index contributed by atoms with van der Waals surface area (Å²) >= 11 is 1.73. The Hall–Kier alpha value is -0.610. The minimum atomic E-state index is 0.779. The van der Waals surface area contributed by atoms with Crippen LogP contribution in [-0.2, 0) is 0 Å². The summed E-state index contributed by atoms with van der Waals surface area (Å²) in [6, 6.07) is 0. The average Bonchev–Trinajstić information content (AvgIpc) is 2.14. The lowest BCUT2D eigenvalue weighted by atomic mass is 10.3. The largest absolute Gasteiger partial charge is 0.330 e. The molecule has 0 saturated heterocycles. The number of nitrogens with two attached hydrogens (primary N) is 1. The van der Waals surface area contributed by atoms with Crippen LogP contribution < -0.4 is 5.73 Å². The number of nitrogens with zero attached hydrogens (tertiary/aromatic N) is 2. The first kappa shape index (κ1) is 9.48. The van der Waals surface area contributed by atoms with E-state index >= 15 is 0 Å². The normalized spacial score (nSPS) is 10.1. The Morgan fingerprint density at radius 2 is 2.25 bits per heavy atom. The van der Waals surface area contributed by atoms with Crippen LogP contribution >= 0.6 is 11.8 Å². The molecule has 0 amide bonds. The minimum Gasteiger partial charge on any atom is -0.330 e. The van der Waals surface area contributed by atoms with Gasteiger partial charge in [0.25, 0.3) is 0 Å². The molecule has 0 aliphatic carbocycles. The van der Waals surface area contributed by atoms with Crippen LogP contribution in [0.3, 0.4) is 0 Å². The molecule has 4 heteroatoms. The van der Waals surface area contributed by atoms with Crippen LogP contribution in [0.15, 0.2) is 23.6 Å². The summed E-state index contributed by atoms with van der Waals surface area (Å²) in [5.41, 5.74) is 5.37. The van der Waals surface area contributed by atoms with E-state index < -0.39 is 0 Å². The van der Waals surface area contributed by atoms with Crippen LogP contribution in [0.2, 0.25) is 0 Å². The van der Waals surface area contributed by atoms with Gasteiger partial charge in [-0.15, -0.1) is 11.8 Å². The van der Waals surface area contributed by atoms with Gasteiger partial charge in [0.1, 0.15) is 5.03 Å². The lowest BCUT2D eigenvalue weighted by Gasteiger charge is -1.97. The highest BCUT2D eigenvalue weighted by atomic mass is 32.2. The van der Waals surface area contributed by atoms with Crippen LogP contribution in [0, 0.1) is 0 Å². The predicted octanol–water partition coefficient (Wildman–Crippen LogP) is 1.31. The fourth-order valence-corrected chi connectivity index (χ4v) is 1.61. The van der Waals surface area contributed by atoms with Gasteiger partial charge in [0.15, 0.2) is 0 Å². The summed E-state index contributed by atoms with van der Waals surface area (Å²) in [6.07, 6.45) is 7.42. The summed E-state index contributed by atoms with van der Waals surface area (Å²) in [7, 11) is 0. The molecule has 0 atom stereocenters. The van der Waals surface area contributed by atoms with Gasteiger partial charge in [-0.2, -0.15) is 0 Å². The molecule has 0 fully saturated rings. The zero-order valence-corrected chi connectivity index (χ0v) is 7.76. The molecule has 1 heterocycles. The van der Waals surface area contributed by atoms with Gasteiger partial charge >= 0.3 is 0 Å². The second-order valence-corrected chi connectivity index (χ2v) is 3.50. The van der Waals surface area contributed by atoms with Gasteiger partial charge in [0.05, 0.1) is 6.20 Å². The number of unbranched alkanes of at least 4 members (excludes halogenated alkanes) is 1. The summed E-state index contributed by atoms with van der Waals surface area (Å²) in [5.74, 6) is 1.08. The Kier molecular flexibility index (Phi) is 4.71. The zero-order valence-electron chi connectivity index (χ0n) is 6.94. The molecular weight excluding hydrogens is 170 g/mol. The highest BCUT2D eigenvalue weighted by Crippen LogP contribution is 2.14. The molecule has 2 N–H and O–H groups in total. The van der Waals surface area contributed by atoms with E-state index in [0.717, 1.165) is 30.2 Å². The molecule has 0 bridgehead atoms. The highest BCUT2D eigenvalue weighted by molar-refractivity contribution is 7.99. The molecule has 0 spiro atoms. The van der Waals surface area contributed by atoms with Crippen LogP contribution in [0.5, 0.6) is 0 Å². The molecule has 0 unspecified atom stereocenters. The second kappa shape index (κ2) is 5.97. The molecule has 1 rings (SSSR count). The first-order valence-corrected chi connectivity index (χ1v) is 5.01. The maximum absolute atomic E-state index is 5.37.